The van der Waals surface area contributed by atoms with E-state index in [0.717, 1.165) is 29.8 Å². The van der Waals surface area contributed by atoms with E-state index in [4.69, 9.17) is 51.6 Å². The zero-order chi connectivity index (χ0) is 34.6. The molecule has 1 aliphatic heterocycles. The summed E-state index contributed by atoms with van der Waals surface area (Å²) in [6.45, 7) is 8.98. The average molecular weight is 735 g/mol. The summed E-state index contributed by atoms with van der Waals surface area (Å²) in [5.41, 5.74) is 3.10. The second-order valence-corrected chi connectivity index (χ2v) is 13.6. The topological polar surface area (TPSA) is 134 Å². The lowest BCUT2D eigenvalue weighted by atomic mass is 9.85. The Bertz CT molecular complexity index is 1340. The Hall–Kier alpha value is -1.88. The van der Waals surface area contributed by atoms with Gasteiger partial charge in [-0.15, -0.1) is 0 Å². The highest BCUT2D eigenvalue weighted by Crippen LogP contribution is 2.38. The summed E-state index contributed by atoms with van der Waals surface area (Å²) in [6.07, 6.45) is 0.276. The maximum atomic E-state index is 12.8. The van der Waals surface area contributed by atoms with Gasteiger partial charge in [0.25, 0.3) is 0 Å². The predicted octanol–water partition coefficient (Wildman–Crippen LogP) is 3.47. The van der Waals surface area contributed by atoms with Crippen LogP contribution in [0.1, 0.15) is 36.0 Å². The molecule has 0 saturated carbocycles. The van der Waals surface area contributed by atoms with Crippen molar-refractivity contribution in [3.8, 4) is 0 Å². The lowest BCUT2D eigenvalue weighted by Gasteiger charge is -2.33. The average Bonchev–Trinajstić information content (AvgIpc) is 3.06. The Morgan fingerprint density at radius 2 is 1.38 bits per heavy atom. The highest BCUT2D eigenvalue weighted by molar-refractivity contribution is 7.89. The first-order chi connectivity index (χ1) is 23.2. The third-order valence-electron chi connectivity index (χ3n) is 7.36. The van der Waals surface area contributed by atoms with Crippen LogP contribution in [0.15, 0.2) is 41.3 Å². The number of halogens is 2. The van der Waals surface area contributed by atoms with Gasteiger partial charge in [0.2, 0.25) is 15.9 Å². The molecule has 1 heterocycles. The van der Waals surface area contributed by atoms with Crippen LogP contribution in [-0.4, -0.2) is 125 Å². The zero-order valence-corrected chi connectivity index (χ0v) is 30.2. The summed E-state index contributed by atoms with van der Waals surface area (Å²) in [6, 6.07) is 10.6. The van der Waals surface area contributed by atoms with E-state index in [9.17, 15) is 13.2 Å². The van der Waals surface area contributed by atoms with Gasteiger partial charge in [-0.25, -0.2) is 13.1 Å². The molecule has 48 heavy (non-hydrogen) atoms. The molecular formula is C33H49Cl2N3O9S. The minimum absolute atomic E-state index is 0.0266. The normalized spacial score (nSPS) is 15.0. The van der Waals surface area contributed by atoms with Crippen molar-refractivity contribution in [1.29, 1.82) is 0 Å². The molecular weight excluding hydrogens is 685 g/mol. The SMILES string of the molecule is CCOCCOCCOCCC(=O)NCCOCCOCCOCCNS(=O)(=O)c1ccc(C2CN(C)Cc3c(Cl)cc(Cl)cc32)cc1. The van der Waals surface area contributed by atoms with Gasteiger partial charge in [0.05, 0.1) is 77.6 Å². The van der Waals surface area contributed by atoms with Gasteiger partial charge in [-0.05, 0) is 54.9 Å². The van der Waals surface area contributed by atoms with E-state index in [1.54, 1.807) is 18.2 Å². The van der Waals surface area contributed by atoms with E-state index in [1.807, 2.05) is 32.2 Å². The number of amides is 1. The second-order valence-electron chi connectivity index (χ2n) is 11.0. The molecule has 0 spiro atoms. The van der Waals surface area contributed by atoms with E-state index in [-0.39, 0.29) is 36.3 Å². The van der Waals surface area contributed by atoms with Crippen LogP contribution in [0.2, 0.25) is 10.0 Å². The molecule has 0 radical (unpaired) electrons. The molecule has 1 atom stereocenters. The predicted molar refractivity (Wildman–Crippen MR) is 184 cm³/mol. The Morgan fingerprint density at radius 1 is 0.812 bits per heavy atom. The molecule has 12 nitrogen and oxygen atoms in total. The molecule has 0 aromatic heterocycles. The maximum absolute atomic E-state index is 12.8. The van der Waals surface area contributed by atoms with Crippen LogP contribution < -0.4 is 10.0 Å². The van der Waals surface area contributed by atoms with Crippen LogP contribution in [-0.2, 0) is 49.8 Å². The van der Waals surface area contributed by atoms with Crippen LogP contribution in [0.25, 0.3) is 0 Å². The van der Waals surface area contributed by atoms with Crippen molar-refractivity contribution in [2.24, 2.45) is 0 Å². The fourth-order valence-electron chi connectivity index (χ4n) is 4.98. The van der Waals surface area contributed by atoms with Gasteiger partial charge < -0.3 is 38.6 Å². The second kappa shape index (κ2) is 22.8. The first-order valence-corrected chi connectivity index (χ1v) is 18.4. The lowest BCUT2D eigenvalue weighted by Crippen LogP contribution is -2.31. The Kier molecular flexibility index (Phi) is 19.2. The standard InChI is InChI=1S/C33H49Cl2N3O9S/c1-3-42-14-15-46-19-16-43-11-8-33(39)36-9-12-44-17-20-47-21-18-45-13-10-37-48(40,41)28-6-4-26(5-7-28)30-24-38(2)25-31-29(30)22-27(34)23-32(31)35/h4-7,22-23,30,37H,3,8-21,24-25H2,1-2H3,(H,36,39). The third-order valence-corrected chi connectivity index (χ3v) is 9.39. The van der Waals surface area contributed by atoms with Crippen molar-refractivity contribution in [3.05, 3.63) is 63.1 Å². The van der Waals surface area contributed by atoms with Crippen molar-refractivity contribution < 1.29 is 41.6 Å². The molecule has 270 valence electrons. The largest absolute Gasteiger partial charge is 0.379 e. The van der Waals surface area contributed by atoms with Gasteiger partial charge >= 0.3 is 0 Å². The number of rotatable bonds is 25. The number of benzene rings is 2. The van der Waals surface area contributed by atoms with Gasteiger partial charge in [0, 0.05) is 55.2 Å². The quantitative estimate of drug-likeness (QED) is 0.146. The summed E-state index contributed by atoms with van der Waals surface area (Å²) < 4.78 is 60.5. The first-order valence-electron chi connectivity index (χ1n) is 16.2. The molecule has 1 unspecified atom stereocenters. The smallest absolute Gasteiger partial charge is 0.240 e. The number of nitrogens with zero attached hydrogens (tertiary/aromatic N) is 1. The summed E-state index contributed by atoms with van der Waals surface area (Å²) in [7, 11) is -1.66. The first kappa shape index (κ1) is 40.5. The minimum atomic E-state index is -3.69. The number of nitrogens with one attached hydrogen (secondary N) is 2. The Labute approximate surface area is 294 Å². The van der Waals surface area contributed by atoms with Crippen molar-refractivity contribution in [3.63, 3.8) is 0 Å². The summed E-state index contributed by atoms with van der Waals surface area (Å²) in [5.74, 6) is -0.0743. The van der Waals surface area contributed by atoms with Crippen LogP contribution in [0.4, 0.5) is 0 Å². The maximum Gasteiger partial charge on any atom is 0.240 e. The third kappa shape index (κ3) is 14.9. The molecule has 2 N–H and O–H groups in total. The number of hydrogen-bond acceptors (Lipinski definition) is 10. The molecule has 0 fully saturated rings. The summed E-state index contributed by atoms with van der Waals surface area (Å²) in [4.78, 5) is 14.2. The summed E-state index contributed by atoms with van der Waals surface area (Å²) >= 11 is 12.8. The fraction of sp³-hybridized carbons (Fsp3) is 0.606. The molecule has 15 heteroatoms. The van der Waals surface area contributed by atoms with E-state index in [0.29, 0.717) is 89.3 Å². The monoisotopic (exact) mass is 733 g/mol. The molecule has 3 rings (SSSR count). The van der Waals surface area contributed by atoms with Crippen LogP contribution in [0, 0.1) is 0 Å². The zero-order valence-electron chi connectivity index (χ0n) is 27.8. The molecule has 0 bridgehead atoms. The van der Waals surface area contributed by atoms with Crippen molar-refractivity contribution in [2.45, 2.75) is 30.7 Å². The number of sulfonamides is 1. The van der Waals surface area contributed by atoms with Crippen molar-refractivity contribution >= 4 is 39.1 Å². The number of hydrogen-bond donors (Lipinski definition) is 2. The van der Waals surface area contributed by atoms with Crippen LogP contribution in [0.5, 0.6) is 0 Å². The van der Waals surface area contributed by atoms with E-state index in [1.165, 1.54) is 0 Å². The molecule has 1 amide bonds. The van der Waals surface area contributed by atoms with Gasteiger partial charge in [0.1, 0.15) is 0 Å². The van der Waals surface area contributed by atoms with E-state index >= 15 is 0 Å². The van der Waals surface area contributed by atoms with Gasteiger partial charge in [-0.3, -0.25) is 4.79 Å². The van der Waals surface area contributed by atoms with Gasteiger partial charge in [0.15, 0.2) is 0 Å². The Balaban J connectivity index is 1.18. The van der Waals surface area contributed by atoms with E-state index < -0.39 is 10.0 Å². The summed E-state index contributed by atoms with van der Waals surface area (Å²) in [5, 5.41) is 3.99. The highest BCUT2D eigenvalue weighted by Gasteiger charge is 2.27. The van der Waals surface area contributed by atoms with Crippen molar-refractivity contribution in [2.75, 3.05) is 106 Å². The lowest BCUT2D eigenvalue weighted by molar-refractivity contribution is -0.122. The van der Waals surface area contributed by atoms with Gasteiger partial charge in [-0.2, -0.15) is 0 Å². The number of ether oxygens (including phenoxy) is 6. The van der Waals surface area contributed by atoms with Gasteiger partial charge in [-0.1, -0.05) is 35.3 Å². The molecule has 2 aromatic carbocycles. The molecule has 1 aliphatic rings. The Morgan fingerprint density at radius 3 is 2.00 bits per heavy atom. The molecule has 0 saturated heterocycles. The van der Waals surface area contributed by atoms with Crippen LogP contribution >= 0.6 is 23.2 Å². The fourth-order valence-corrected chi connectivity index (χ4v) is 6.57. The van der Waals surface area contributed by atoms with E-state index in [2.05, 4.69) is 14.9 Å². The number of likely N-dealkylation sites (N-methyl/N-ethyl adjacent to an activating group) is 1. The molecule has 2 aromatic rings. The van der Waals surface area contributed by atoms with Crippen LogP contribution in [0.3, 0.4) is 0 Å². The highest BCUT2D eigenvalue weighted by atomic mass is 35.5. The number of fused-ring (bicyclic) bond motifs is 1. The minimum Gasteiger partial charge on any atom is -0.379 e. The number of carbonyl (C=O) groups excluding carboxylic acids is 1. The number of carbonyl (C=O) groups is 1. The molecule has 0 aliphatic carbocycles. The van der Waals surface area contributed by atoms with Crippen molar-refractivity contribution in [1.82, 2.24) is 14.9 Å².